The van der Waals surface area contributed by atoms with Gasteiger partial charge >= 0.3 is 0 Å². The van der Waals surface area contributed by atoms with E-state index in [0.717, 1.165) is 29.4 Å². The molecule has 0 bridgehead atoms. The minimum absolute atomic E-state index is 0.110. The maximum Gasteiger partial charge on any atom is 0.150 e. The third-order valence-electron chi connectivity index (χ3n) is 4.09. The van der Waals surface area contributed by atoms with Crippen LogP contribution in [-0.2, 0) is 9.84 Å². The number of sulfone groups is 1. The fraction of sp³-hybridized carbons (Fsp3) is 1.00. The van der Waals surface area contributed by atoms with E-state index in [1.165, 1.54) is 12.8 Å². The van der Waals surface area contributed by atoms with E-state index < -0.39 is 9.84 Å². The lowest BCUT2D eigenvalue weighted by molar-refractivity contribution is 0.224. The van der Waals surface area contributed by atoms with E-state index in [2.05, 4.69) is 45.7 Å². The Kier molecular flexibility index (Phi) is 6.66. The van der Waals surface area contributed by atoms with Crippen molar-refractivity contribution in [3.63, 3.8) is 0 Å². The van der Waals surface area contributed by atoms with Gasteiger partial charge in [-0.2, -0.15) is 0 Å². The molecule has 1 rings (SSSR count). The van der Waals surface area contributed by atoms with E-state index in [1.54, 1.807) is 0 Å². The summed E-state index contributed by atoms with van der Waals surface area (Å²) in [5.41, 5.74) is 0.110. The predicted octanol–water partition coefficient (Wildman–Crippen LogP) is 4.02. The lowest BCUT2D eigenvalue weighted by Gasteiger charge is -2.36. The molecule has 0 saturated carbocycles. The molecule has 1 saturated heterocycles. The normalized spacial score (nSPS) is 23.7. The molecule has 5 heteroatoms. The molecule has 1 heterocycles. The Morgan fingerprint density at radius 2 is 1.89 bits per heavy atom. The van der Waals surface area contributed by atoms with Gasteiger partial charge in [-0.1, -0.05) is 58.5 Å². The average molecular weight is 404 g/mol. The Balaban J connectivity index is 2.68. The van der Waals surface area contributed by atoms with Crippen LogP contribution < -0.4 is 0 Å². The SMILES string of the molecule is CC(C)CCCC(CBr)(CBr)C1CCS(=O)(=O)C1. The molecular weight excluding hydrogens is 380 g/mol. The van der Waals surface area contributed by atoms with Crippen LogP contribution in [0.1, 0.15) is 39.5 Å². The van der Waals surface area contributed by atoms with Crippen LogP contribution in [-0.4, -0.2) is 30.6 Å². The lowest BCUT2D eigenvalue weighted by atomic mass is 9.74. The van der Waals surface area contributed by atoms with Crippen molar-refractivity contribution in [2.45, 2.75) is 39.5 Å². The molecule has 1 fully saturated rings. The highest BCUT2D eigenvalue weighted by molar-refractivity contribution is 9.09. The molecule has 1 aliphatic heterocycles. The first kappa shape index (κ1) is 17.0. The summed E-state index contributed by atoms with van der Waals surface area (Å²) < 4.78 is 23.3. The summed E-state index contributed by atoms with van der Waals surface area (Å²) in [5.74, 6) is 1.80. The summed E-state index contributed by atoms with van der Waals surface area (Å²) in [4.78, 5) is 0. The van der Waals surface area contributed by atoms with Gasteiger partial charge in [0.15, 0.2) is 9.84 Å². The summed E-state index contributed by atoms with van der Waals surface area (Å²) in [6, 6.07) is 0. The van der Waals surface area contributed by atoms with Gasteiger partial charge in [0.1, 0.15) is 0 Å². The van der Waals surface area contributed by atoms with Crippen molar-refractivity contribution in [1.29, 1.82) is 0 Å². The Morgan fingerprint density at radius 3 is 2.28 bits per heavy atom. The highest BCUT2D eigenvalue weighted by Crippen LogP contribution is 2.43. The third kappa shape index (κ3) is 4.48. The van der Waals surface area contributed by atoms with Gasteiger partial charge in [0, 0.05) is 10.7 Å². The van der Waals surface area contributed by atoms with Crippen LogP contribution in [0.25, 0.3) is 0 Å². The van der Waals surface area contributed by atoms with E-state index in [9.17, 15) is 8.42 Å². The molecule has 0 amide bonds. The zero-order valence-electron chi connectivity index (χ0n) is 11.3. The molecule has 0 radical (unpaired) electrons. The van der Waals surface area contributed by atoms with E-state index in [4.69, 9.17) is 0 Å². The fourth-order valence-electron chi connectivity index (χ4n) is 2.73. The van der Waals surface area contributed by atoms with Crippen LogP contribution in [0.15, 0.2) is 0 Å². The quantitative estimate of drug-likeness (QED) is 0.601. The van der Waals surface area contributed by atoms with E-state index in [0.29, 0.717) is 17.4 Å². The molecule has 2 nitrogen and oxygen atoms in total. The molecule has 18 heavy (non-hydrogen) atoms. The smallest absolute Gasteiger partial charge is 0.150 e. The Labute approximate surface area is 128 Å². The zero-order chi connectivity index (χ0) is 13.8. The highest BCUT2D eigenvalue weighted by Gasteiger charge is 2.42. The van der Waals surface area contributed by atoms with Crippen molar-refractivity contribution >= 4 is 41.7 Å². The standard InChI is InChI=1S/C13H24Br2O2S/c1-11(2)4-3-6-13(9-14,10-15)12-5-7-18(16,17)8-12/h11-12H,3-10H2,1-2H3. The largest absolute Gasteiger partial charge is 0.229 e. The number of hydrogen-bond acceptors (Lipinski definition) is 2. The molecule has 0 N–H and O–H groups in total. The van der Waals surface area contributed by atoms with Crippen molar-refractivity contribution in [2.75, 3.05) is 22.2 Å². The van der Waals surface area contributed by atoms with Crippen LogP contribution in [0.4, 0.5) is 0 Å². The second kappa shape index (κ2) is 7.07. The van der Waals surface area contributed by atoms with E-state index in [1.807, 2.05) is 0 Å². The van der Waals surface area contributed by atoms with Crippen molar-refractivity contribution in [3.8, 4) is 0 Å². The number of halogens is 2. The first-order chi connectivity index (χ1) is 8.35. The van der Waals surface area contributed by atoms with Crippen molar-refractivity contribution in [1.82, 2.24) is 0 Å². The van der Waals surface area contributed by atoms with Crippen LogP contribution in [0, 0.1) is 17.3 Å². The van der Waals surface area contributed by atoms with Gasteiger partial charge < -0.3 is 0 Å². The summed E-state index contributed by atoms with van der Waals surface area (Å²) in [5, 5.41) is 1.78. The molecule has 0 aliphatic carbocycles. The van der Waals surface area contributed by atoms with Crippen LogP contribution in [0.2, 0.25) is 0 Å². The number of hydrogen-bond donors (Lipinski definition) is 0. The minimum atomic E-state index is -2.78. The summed E-state index contributed by atoms with van der Waals surface area (Å²) >= 11 is 7.25. The predicted molar refractivity (Wildman–Crippen MR) is 85.5 cm³/mol. The molecule has 108 valence electrons. The van der Waals surface area contributed by atoms with Gasteiger partial charge in [-0.05, 0) is 30.1 Å². The molecule has 0 aromatic carbocycles. The minimum Gasteiger partial charge on any atom is -0.229 e. The average Bonchev–Trinajstić information content (AvgIpc) is 2.66. The van der Waals surface area contributed by atoms with Crippen LogP contribution >= 0.6 is 31.9 Å². The maximum absolute atomic E-state index is 11.7. The van der Waals surface area contributed by atoms with E-state index >= 15 is 0 Å². The molecule has 0 spiro atoms. The topological polar surface area (TPSA) is 34.1 Å². The summed E-state index contributed by atoms with van der Waals surface area (Å²) in [6.45, 7) is 4.48. The first-order valence-corrected chi connectivity index (χ1v) is 10.7. The van der Waals surface area contributed by atoms with Crippen molar-refractivity contribution < 1.29 is 8.42 Å². The van der Waals surface area contributed by atoms with Crippen molar-refractivity contribution in [2.24, 2.45) is 17.3 Å². The first-order valence-electron chi connectivity index (χ1n) is 6.67. The Morgan fingerprint density at radius 1 is 1.28 bits per heavy atom. The molecular formula is C13H24Br2O2S. The fourth-order valence-corrected chi connectivity index (χ4v) is 7.08. The van der Waals surface area contributed by atoms with Gasteiger partial charge in [0.25, 0.3) is 0 Å². The molecule has 1 unspecified atom stereocenters. The third-order valence-corrected chi connectivity index (χ3v) is 8.09. The Hall–Kier alpha value is 0.910. The van der Waals surface area contributed by atoms with Gasteiger partial charge in [-0.3, -0.25) is 0 Å². The maximum atomic E-state index is 11.7. The van der Waals surface area contributed by atoms with Gasteiger partial charge in [0.2, 0.25) is 0 Å². The monoisotopic (exact) mass is 402 g/mol. The second-order valence-corrected chi connectivity index (χ2v) is 9.37. The van der Waals surface area contributed by atoms with Gasteiger partial charge in [-0.25, -0.2) is 8.42 Å². The molecule has 0 aromatic heterocycles. The van der Waals surface area contributed by atoms with Gasteiger partial charge in [-0.15, -0.1) is 0 Å². The summed E-state index contributed by atoms with van der Waals surface area (Å²) in [6.07, 6.45) is 4.36. The highest BCUT2D eigenvalue weighted by atomic mass is 79.9. The number of rotatable bonds is 7. The lowest BCUT2D eigenvalue weighted by Crippen LogP contribution is -2.35. The number of alkyl halides is 2. The zero-order valence-corrected chi connectivity index (χ0v) is 15.3. The molecule has 1 atom stereocenters. The summed E-state index contributed by atoms with van der Waals surface area (Å²) in [7, 11) is -2.78. The van der Waals surface area contributed by atoms with Crippen LogP contribution in [0.5, 0.6) is 0 Å². The Bertz CT molecular complexity index is 348. The van der Waals surface area contributed by atoms with Crippen molar-refractivity contribution in [3.05, 3.63) is 0 Å². The van der Waals surface area contributed by atoms with Crippen LogP contribution in [0.3, 0.4) is 0 Å². The second-order valence-electron chi connectivity index (χ2n) is 6.02. The van der Waals surface area contributed by atoms with E-state index in [-0.39, 0.29) is 5.41 Å². The van der Waals surface area contributed by atoms with Gasteiger partial charge in [0.05, 0.1) is 11.5 Å². The molecule has 0 aromatic rings. The molecule has 1 aliphatic rings.